The van der Waals surface area contributed by atoms with Crippen LogP contribution in [0.2, 0.25) is 0 Å². The molecule has 0 aliphatic carbocycles. The number of ether oxygens (including phenoxy) is 1. The zero-order chi connectivity index (χ0) is 11.9. The summed E-state index contributed by atoms with van der Waals surface area (Å²) in [6.07, 6.45) is 2.96. The molecule has 4 nitrogen and oxygen atoms in total. The molecular weight excluding hydrogens is 214 g/mol. The van der Waals surface area contributed by atoms with Gasteiger partial charge in [0.05, 0.1) is 13.2 Å². The summed E-state index contributed by atoms with van der Waals surface area (Å²) in [6.45, 7) is 6.05. The van der Waals surface area contributed by atoms with Gasteiger partial charge in [-0.3, -0.25) is 4.90 Å². The molecule has 1 radical (unpaired) electrons. The second-order valence-corrected chi connectivity index (χ2v) is 4.33. The van der Waals surface area contributed by atoms with E-state index in [1.54, 1.807) is 0 Å². The molecule has 1 aliphatic heterocycles. The topological polar surface area (TPSA) is 28.6 Å². The lowest BCUT2D eigenvalue weighted by atomic mass is 10.3. The smallest absolute Gasteiger partial charge is 0.136 e. The van der Waals surface area contributed by atoms with Crippen molar-refractivity contribution in [1.82, 2.24) is 9.88 Å². The molecule has 2 rings (SSSR count). The Hall–Kier alpha value is -1.13. The summed E-state index contributed by atoms with van der Waals surface area (Å²) in [4.78, 5) is 8.89. The second kappa shape index (κ2) is 6.57. The van der Waals surface area contributed by atoms with E-state index in [1.165, 1.54) is 0 Å². The molecule has 0 saturated carbocycles. The van der Waals surface area contributed by atoms with E-state index in [1.807, 2.05) is 18.3 Å². The number of rotatable bonds is 5. The number of pyridine rings is 1. The third-order valence-corrected chi connectivity index (χ3v) is 3.02. The molecule has 1 aromatic heterocycles. The summed E-state index contributed by atoms with van der Waals surface area (Å²) < 4.78 is 5.33. The lowest BCUT2D eigenvalue weighted by Crippen LogP contribution is -2.37. The highest BCUT2D eigenvalue weighted by molar-refractivity contribution is 5.34. The van der Waals surface area contributed by atoms with Gasteiger partial charge in [-0.2, -0.15) is 0 Å². The average Bonchev–Trinajstić information content (AvgIpc) is 2.41. The van der Waals surface area contributed by atoms with Gasteiger partial charge in [-0.05, 0) is 18.6 Å². The Kier molecular flexibility index (Phi) is 4.76. The number of hydrogen-bond donors (Lipinski definition) is 0. The number of aromatic nitrogens is 1. The van der Waals surface area contributed by atoms with Crippen LogP contribution in [-0.4, -0.2) is 56.3 Å². The average molecular weight is 234 g/mol. The van der Waals surface area contributed by atoms with Crippen molar-refractivity contribution >= 4 is 5.82 Å². The van der Waals surface area contributed by atoms with Crippen molar-refractivity contribution in [2.75, 3.05) is 51.3 Å². The summed E-state index contributed by atoms with van der Waals surface area (Å²) in [5, 5.41) is 0. The molecule has 1 fully saturated rings. The first-order valence-electron chi connectivity index (χ1n) is 6.20. The summed E-state index contributed by atoms with van der Waals surface area (Å²) in [5.41, 5.74) is 0. The summed E-state index contributed by atoms with van der Waals surface area (Å²) in [7, 11) is 2.07. The lowest BCUT2D eigenvalue weighted by Gasteiger charge is -2.27. The van der Waals surface area contributed by atoms with Crippen LogP contribution in [0.1, 0.15) is 6.42 Å². The fourth-order valence-corrected chi connectivity index (χ4v) is 1.99. The van der Waals surface area contributed by atoms with E-state index in [-0.39, 0.29) is 0 Å². The van der Waals surface area contributed by atoms with E-state index in [2.05, 4.69) is 27.9 Å². The minimum absolute atomic E-state index is 0.879. The predicted molar refractivity (Wildman–Crippen MR) is 68.2 cm³/mol. The first-order valence-corrected chi connectivity index (χ1v) is 6.20. The van der Waals surface area contributed by atoms with Crippen molar-refractivity contribution in [3.8, 4) is 0 Å². The number of nitrogens with zero attached hydrogens (tertiary/aromatic N) is 3. The highest BCUT2D eigenvalue weighted by Crippen LogP contribution is 2.06. The van der Waals surface area contributed by atoms with Crippen molar-refractivity contribution in [2.24, 2.45) is 0 Å². The first kappa shape index (κ1) is 12.3. The van der Waals surface area contributed by atoms with Crippen LogP contribution in [-0.2, 0) is 4.74 Å². The van der Waals surface area contributed by atoms with Gasteiger partial charge >= 0.3 is 0 Å². The predicted octanol–water partition coefficient (Wildman–Crippen LogP) is 1.04. The van der Waals surface area contributed by atoms with Crippen LogP contribution in [0.3, 0.4) is 0 Å². The fraction of sp³-hybridized carbons (Fsp3) is 0.615. The summed E-state index contributed by atoms with van der Waals surface area (Å²) in [5.74, 6) is 0.925. The van der Waals surface area contributed by atoms with Crippen molar-refractivity contribution in [3.63, 3.8) is 0 Å². The number of morpholine rings is 1. The normalized spacial score (nSPS) is 17.0. The first-order chi connectivity index (χ1) is 8.36. The van der Waals surface area contributed by atoms with Gasteiger partial charge in [0.2, 0.25) is 0 Å². The van der Waals surface area contributed by atoms with Gasteiger partial charge in [0.15, 0.2) is 0 Å². The quantitative estimate of drug-likeness (QED) is 0.761. The van der Waals surface area contributed by atoms with Crippen LogP contribution < -0.4 is 4.90 Å². The Morgan fingerprint density at radius 2 is 2.29 bits per heavy atom. The fourth-order valence-electron chi connectivity index (χ4n) is 1.99. The van der Waals surface area contributed by atoms with Gasteiger partial charge in [-0.15, -0.1) is 0 Å². The molecule has 1 aromatic rings. The van der Waals surface area contributed by atoms with Crippen molar-refractivity contribution < 1.29 is 4.74 Å². The largest absolute Gasteiger partial charge is 0.379 e. The molecule has 0 aromatic carbocycles. The van der Waals surface area contributed by atoms with Gasteiger partial charge in [-0.1, -0.05) is 0 Å². The maximum absolute atomic E-state index is 5.33. The molecule has 0 amide bonds. The minimum atomic E-state index is 0.879. The molecule has 93 valence electrons. The Morgan fingerprint density at radius 3 is 3.00 bits per heavy atom. The van der Waals surface area contributed by atoms with E-state index in [0.717, 1.165) is 51.6 Å². The summed E-state index contributed by atoms with van der Waals surface area (Å²) >= 11 is 0. The van der Waals surface area contributed by atoms with E-state index >= 15 is 0 Å². The lowest BCUT2D eigenvalue weighted by molar-refractivity contribution is 0.0377. The Balaban J connectivity index is 1.67. The maximum Gasteiger partial charge on any atom is 0.136 e. The molecule has 0 atom stereocenters. The SMILES string of the molecule is CN(CCCN1CCOCC1)c1[c]cccn1. The van der Waals surface area contributed by atoms with Crippen molar-refractivity contribution in [2.45, 2.75) is 6.42 Å². The third-order valence-electron chi connectivity index (χ3n) is 3.02. The molecular formula is C13H20N3O. The summed E-state index contributed by atoms with van der Waals surface area (Å²) in [6, 6.07) is 6.94. The molecule has 2 heterocycles. The highest BCUT2D eigenvalue weighted by Gasteiger charge is 2.10. The molecule has 4 heteroatoms. The molecule has 1 aliphatic rings. The monoisotopic (exact) mass is 234 g/mol. The third kappa shape index (κ3) is 3.98. The van der Waals surface area contributed by atoms with Gasteiger partial charge in [0.1, 0.15) is 5.82 Å². The highest BCUT2D eigenvalue weighted by atomic mass is 16.5. The van der Waals surface area contributed by atoms with Crippen molar-refractivity contribution in [3.05, 3.63) is 24.4 Å². The molecule has 0 spiro atoms. The molecule has 17 heavy (non-hydrogen) atoms. The van der Waals surface area contributed by atoms with Gasteiger partial charge in [0, 0.05) is 45.5 Å². The number of hydrogen-bond acceptors (Lipinski definition) is 4. The maximum atomic E-state index is 5.33. The van der Waals surface area contributed by atoms with Crippen LogP contribution in [0.25, 0.3) is 0 Å². The van der Waals surface area contributed by atoms with E-state index < -0.39 is 0 Å². The van der Waals surface area contributed by atoms with Crippen molar-refractivity contribution in [1.29, 1.82) is 0 Å². The number of anilines is 1. The zero-order valence-electron chi connectivity index (χ0n) is 10.4. The Morgan fingerprint density at radius 1 is 1.47 bits per heavy atom. The van der Waals surface area contributed by atoms with Crippen LogP contribution in [0, 0.1) is 6.07 Å². The van der Waals surface area contributed by atoms with E-state index in [0.29, 0.717) is 0 Å². The molecule has 1 saturated heterocycles. The minimum Gasteiger partial charge on any atom is -0.379 e. The van der Waals surface area contributed by atoms with E-state index in [9.17, 15) is 0 Å². The van der Waals surface area contributed by atoms with Crippen LogP contribution >= 0.6 is 0 Å². The van der Waals surface area contributed by atoms with Gasteiger partial charge < -0.3 is 9.64 Å². The second-order valence-electron chi connectivity index (χ2n) is 4.33. The standard InChI is InChI=1S/C13H20N3O/c1-15(13-5-2-3-6-14-13)7-4-8-16-9-11-17-12-10-16/h2-3,6H,4,7-12H2,1H3. The van der Waals surface area contributed by atoms with Crippen LogP contribution in [0.15, 0.2) is 18.3 Å². The molecule has 0 unspecified atom stereocenters. The molecule has 0 N–H and O–H groups in total. The molecule has 0 bridgehead atoms. The Bertz CT molecular complexity index is 312. The van der Waals surface area contributed by atoms with Crippen LogP contribution in [0.4, 0.5) is 5.82 Å². The van der Waals surface area contributed by atoms with Gasteiger partial charge in [0.25, 0.3) is 0 Å². The van der Waals surface area contributed by atoms with Crippen LogP contribution in [0.5, 0.6) is 0 Å². The van der Waals surface area contributed by atoms with Gasteiger partial charge in [-0.25, -0.2) is 4.98 Å². The zero-order valence-corrected chi connectivity index (χ0v) is 10.4. The Labute approximate surface area is 103 Å². The van der Waals surface area contributed by atoms with E-state index in [4.69, 9.17) is 4.74 Å².